The second-order valence-electron chi connectivity index (χ2n) is 4.02. The molecule has 0 bridgehead atoms. The van der Waals surface area contributed by atoms with Gasteiger partial charge in [-0.1, -0.05) is 30.3 Å². The predicted octanol–water partition coefficient (Wildman–Crippen LogP) is 1.62. The quantitative estimate of drug-likeness (QED) is 0.554. The van der Waals surface area contributed by atoms with E-state index in [-0.39, 0.29) is 12.1 Å². The van der Waals surface area contributed by atoms with Crippen molar-refractivity contribution in [3.05, 3.63) is 35.9 Å². The van der Waals surface area contributed by atoms with E-state index in [1.54, 1.807) is 6.92 Å². The van der Waals surface area contributed by atoms with Crippen molar-refractivity contribution in [2.24, 2.45) is 5.73 Å². The van der Waals surface area contributed by atoms with Crippen LogP contribution in [0, 0.1) is 0 Å². The smallest absolute Gasteiger partial charge is 0.356 e. The summed E-state index contributed by atoms with van der Waals surface area (Å²) in [6.45, 7) is 3.61. The molecule has 96 valence electrons. The van der Waals surface area contributed by atoms with Gasteiger partial charge in [0.15, 0.2) is 5.85 Å². The third kappa shape index (κ3) is 4.98. The van der Waals surface area contributed by atoms with Crippen LogP contribution in [-0.4, -0.2) is 21.7 Å². The number of hydrogen-bond donors (Lipinski definition) is 3. The van der Waals surface area contributed by atoms with Gasteiger partial charge in [0.1, 0.15) is 0 Å². The Morgan fingerprint density at radius 3 is 2.00 bits per heavy atom. The van der Waals surface area contributed by atoms with Crippen molar-refractivity contribution in [3.63, 3.8) is 0 Å². The van der Waals surface area contributed by atoms with Crippen molar-refractivity contribution in [2.75, 3.05) is 0 Å². The number of ether oxygens (including phenoxy) is 1. The lowest BCUT2D eigenvalue weighted by Gasteiger charge is -2.02. The molecule has 17 heavy (non-hydrogen) atoms. The highest BCUT2D eigenvalue weighted by molar-refractivity contribution is 7.52. The average molecular weight is 259 g/mol. The minimum absolute atomic E-state index is 0.159. The van der Waals surface area contributed by atoms with Crippen molar-refractivity contribution in [1.29, 1.82) is 0 Å². The first kappa shape index (κ1) is 14.4. The topological polar surface area (TPSA) is 96.1 Å². The van der Waals surface area contributed by atoms with Gasteiger partial charge in [-0.05, 0) is 19.4 Å². The molecule has 5 nitrogen and oxygen atoms in total. The summed E-state index contributed by atoms with van der Waals surface area (Å²) in [5.41, 5.74) is 6.81. The van der Waals surface area contributed by atoms with Crippen LogP contribution in [0.4, 0.5) is 0 Å². The molecule has 1 aromatic carbocycles. The summed E-state index contributed by atoms with van der Waals surface area (Å²) in [4.78, 5) is 16.6. The Morgan fingerprint density at radius 2 is 1.82 bits per heavy atom. The van der Waals surface area contributed by atoms with Crippen LogP contribution in [0.3, 0.4) is 0 Å². The molecule has 2 rings (SSSR count). The molecule has 1 saturated heterocycles. The maximum atomic E-state index is 10.2. The van der Waals surface area contributed by atoms with Crippen LogP contribution in [0.2, 0.25) is 0 Å². The average Bonchev–Trinajstić information content (AvgIpc) is 2.98. The van der Waals surface area contributed by atoms with Crippen molar-refractivity contribution < 1.29 is 19.1 Å². The normalized spacial score (nSPS) is 24.5. The first-order chi connectivity index (χ1) is 7.82. The molecule has 1 aliphatic heterocycles. The van der Waals surface area contributed by atoms with Gasteiger partial charge in [0, 0.05) is 6.04 Å². The van der Waals surface area contributed by atoms with Gasteiger partial charge in [-0.25, -0.2) is 0 Å². The monoisotopic (exact) mass is 259 g/mol. The molecule has 0 aromatic heterocycles. The number of benzene rings is 1. The lowest BCUT2D eigenvalue weighted by molar-refractivity contribution is 0.333. The zero-order valence-electron chi connectivity index (χ0n) is 9.85. The zero-order valence-corrected chi connectivity index (χ0v) is 10.7. The van der Waals surface area contributed by atoms with Crippen molar-refractivity contribution >= 4 is 7.60 Å². The van der Waals surface area contributed by atoms with Crippen LogP contribution in [0.5, 0.6) is 0 Å². The molecule has 4 N–H and O–H groups in total. The summed E-state index contributed by atoms with van der Waals surface area (Å²) in [6, 6.07) is 10.2. The van der Waals surface area contributed by atoms with Gasteiger partial charge in [0.05, 0.1) is 6.10 Å². The van der Waals surface area contributed by atoms with E-state index in [1.165, 1.54) is 5.56 Å². The van der Waals surface area contributed by atoms with Crippen LogP contribution < -0.4 is 5.73 Å². The van der Waals surface area contributed by atoms with E-state index < -0.39 is 13.4 Å². The van der Waals surface area contributed by atoms with Gasteiger partial charge in [0.25, 0.3) is 0 Å². The fourth-order valence-corrected chi connectivity index (χ4v) is 2.18. The first-order valence-corrected chi connectivity index (χ1v) is 7.01. The molecule has 0 spiro atoms. The van der Waals surface area contributed by atoms with E-state index in [1.807, 2.05) is 37.3 Å². The maximum absolute atomic E-state index is 10.2. The van der Waals surface area contributed by atoms with Crippen LogP contribution >= 0.6 is 7.60 Å². The van der Waals surface area contributed by atoms with Crippen molar-refractivity contribution in [1.82, 2.24) is 0 Å². The molecular weight excluding hydrogens is 241 g/mol. The molecule has 1 fully saturated rings. The van der Waals surface area contributed by atoms with Crippen LogP contribution in [-0.2, 0) is 9.30 Å². The third-order valence-corrected chi connectivity index (χ3v) is 3.54. The Bertz CT molecular complexity index is 390. The van der Waals surface area contributed by atoms with Gasteiger partial charge >= 0.3 is 7.60 Å². The van der Waals surface area contributed by atoms with Gasteiger partial charge in [-0.2, -0.15) is 0 Å². The Morgan fingerprint density at radius 1 is 1.35 bits per heavy atom. The summed E-state index contributed by atoms with van der Waals surface area (Å²) in [5.74, 6) is -0.817. The van der Waals surface area contributed by atoms with Gasteiger partial charge in [0.2, 0.25) is 0 Å². The second kappa shape index (κ2) is 5.76. The summed E-state index contributed by atoms with van der Waals surface area (Å²) < 4.78 is 14.7. The Labute approximate surface area is 101 Å². The molecule has 0 aliphatic carbocycles. The molecule has 1 unspecified atom stereocenters. The lowest BCUT2D eigenvalue weighted by atomic mass is 10.1. The Hall–Kier alpha value is -0.710. The number of nitrogens with two attached hydrogens (primary N) is 1. The van der Waals surface area contributed by atoms with Crippen LogP contribution in [0.15, 0.2) is 30.3 Å². The SMILES string of the molecule is CC(N)c1ccccc1.C[C@@H]1O[C@@H]1P(=O)(O)O. The second-order valence-corrected chi connectivity index (χ2v) is 5.71. The number of epoxide rings is 1. The first-order valence-electron chi connectivity index (χ1n) is 5.33. The van der Waals surface area contributed by atoms with Gasteiger partial charge < -0.3 is 20.3 Å². The van der Waals surface area contributed by atoms with E-state index >= 15 is 0 Å². The van der Waals surface area contributed by atoms with Gasteiger partial charge in [-0.3, -0.25) is 4.57 Å². The highest BCUT2D eigenvalue weighted by Crippen LogP contribution is 2.52. The van der Waals surface area contributed by atoms with Crippen molar-refractivity contribution in [3.8, 4) is 0 Å². The Balaban J connectivity index is 0.000000171. The van der Waals surface area contributed by atoms with E-state index in [0.717, 1.165) is 0 Å². The summed E-state index contributed by atoms with van der Waals surface area (Å²) in [5, 5.41) is 0. The molecular formula is C11H18NO4P. The molecule has 0 amide bonds. The molecule has 6 heteroatoms. The maximum Gasteiger partial charge on any atom is 0.356 e. The molecule has 1 aromatic rings. The van der Waals surface area contributed by atoms with E-state index in [2.05, 4.69) is 4.74 Å². The summed E-state index contributed by atoms with van der Waals surface area (Å²) in [7, 11) is -3.90. The van der Waals surface area contributed by atoms with Gasteiger partial charge in [-0.15, -0.1) is 0 Å². The molecule has 3 atom stereocenters. The number of rotatable bonds is 2. The molecule has 0 saturated carbocycles. The van der Waals surface area contributed by atoms with E-state index in [0.29, 0.717) is 0 Å². The molecule has 0 radical (unpaired) electrons. The molecule has 1 aliphatic rings. The zero-order chi connectivity index (χ0) is 13.1. The highest BCUT2D eigenvalue weighted by Gasteiger charge is 2.48. The minimum Gasteiger partial charge on any atom is -0.356 e. The molecule has 1 heterocycles. The lowest BCUT2D eigenvalue weighted by Crippen LogP contribution is -2.03. The van der Waals surface area contributed by atoms with E-state index in [4.69, 9.17) is 15.5 Å². The predicted molar refractivity (Wildman–Crippen MR) is 65.4 cm³/mol. The van der Waals surface area contributed by atoms with Crippen LogP contribution in [0.1, 0.15) is 25.5 Å². The number of hydrogen-bond acceptors (Lipinski definition) is 3. The fraction of sp³-hybridized carbons (Fsp3) is 0.455. The third-order valence-electron chi connectivity index (χ3n) is 2.34. The standard InChI is InChI=1S/C8H11N.C3H7O4P/c1-7(9)8-5-3-2-4-6-8;1-2-3(7-2)8(4,5)6/h2-7H,9H2,1H3;2-3H,1H3,(H2,4,5,6)/t;2-,3+/m.0/s1. The summed E-state index contributed by atoms with van der Waals surface area (Å²) in [6.07, 6.45) is -0.254. The fourth-order valence-electron chi connectivity index (χ4n) is 1.28. The van der Waals surface area contributed by atoms with E-state index in [9.17, 15) is 4.57 Å². The Kier molecular flexibility index (Phi) is 4.86. The minimum atomic E-state index is -3.90. The van der Waals surface area contributed by atoms with Crippen molar-refractivity contribution in [2.45, 2.75) is 31.8 Å². The summed E-state index contributed by atoms with van der Waals surface area (Å²) >= 11 is 0. The highest BCUT2D eigenvalue weighted by atomic mass is 31.2. The van der Waals surface area contributed by atoms with Crippen LogP contribution in [0.25, 0.3) is 0 Å². The largest absolute Gasteiger partial charge is 0.356 e.